The Morgan fingerprint density at radius 3 is 2.63 bits per heavy atom. The maximum Gasteiger partial charge on any atom is 0.279 e. The number of fused-ring (bicyclic) bond motifs is 1. The molecule has 8 nitrogen and oxygen atoms in total. The number of benzene rings is 2. The topological polar surface area (TPSA) is 91.0 Å². The molecule has 4 rings (SSSR count). The molecule has 2 aromatic carbocycles. The fraction of sp³-hybridized carbons (Fsp3) is 0.143. The van der Waals surface area contributed by atoms with Crippen LogP contribution in [-0.2, 0) is 7.05 Å². The molecule has 0 atom stereocenters. The van der Waals surface area contributed by atoms with Gasteiger partial charge < -0.3 is 14.6 Å². The Morgan fingerprint density at radius 1 is 1.17 bits per heavy atom. The third-order valence-corrected chi connectivity index (χ3v) is 4.72. The summed E-state index contributed by atoms with van der Waals surface area (Å²) in [5.74, 6) is 0.0410. The van der Waals surface area contributed by atoms with E-state index in [4.69, 9.17) is 16.3 Å². The number of hydrogen-bond donors (Lipinski definition) is 1. The molecular formula is C21H18ClN5O3. The largest absolute Gasteiger partial charge is 0.492 e. The molecule has 0 aliphatic heterocycles. The minimum Gasteiger partial charge on any atom is -0.492 e. The zero-order chi connectivity index (χ0) is 21.3. The first-order chi connectivity index (χ1) is 14.5. The van der Waals surface area contributed by atoms with E-state index < -0.39 is 5.91 Å². The van der Waals surface area contributed by atoms with Crippen LogP contribution >= 0.6 is 11.6 Å². The number of nitrogens with one attached hydrogen (secondary N) is 1. The monoisotopic (exact) mass is 423 g/mol. The summed E-state index contributed by atoms with van der Waals surface area (Å²) < 4.78 is 8.30. The predicted molar refractivity (Wildman–Crippen MR) is 115 cm³/mol. The molecule has 0 unspecified atom stereocenters. The van der Waals surface area contributed by atoms with Gasteiger partial charge in [0.05, 0.1) is 24.3 Å². The molecule has 0 fully saturated rings. The molecule has 0 saturated heterocycles. The van der Waals surface area contributed by atoms with Gasteiger partial charge in [-0.05, 0) is 43.3 Å². The van der Waals surface area contributed by atoms with E-state index in [0.717, 1.165) is 0 Å². The highest BCUT2D eigenvalue weighted by atomic mass is 35.5. The molecule has 30 heavy (non-hydrogen) atoms. The van der Waals surface area contributed by atoms with E-state index in [9.17, 15) is 9.59 Å². The Hall–Kier alpha value is -3.65. The van der Waals surface area contributed by atoms with Crippen molar-refractivity contribution in [2.24, 2.45) is 7.05 Å². The lowest BCUT2D eigenvalue weighted by atomic mass is 10.2. The van der Waals surface area contributed by atoms with Crippen molar-refractivity contribution in [3.05, 3.63) is 75.9 Å². The first-order valence-corrected chi connectivity index (χ1v) is 9.61. The maximum atomic E-state index is 13.1. The second-order valence-corrected chi connectivity index (χ2v) is 6.91. The lowest BCUT2D eigenvalue weighted by molar-refractivity contribution is 0.102. The van der Waals surface area contributed by atoms with E-state index in [1.165, 1.54) is 15.6 Å². The lowest BCUT2D eigenvalue weighted by Gasteiger charge is -2.10. The molecule has 0 aliphatic carbocycles. The molecule has 0 aliphatic rings. The Morgan fingerprint density at radius 2 is 1.90 bits per heavy atom. The minimum absolute atomic E-state index is 0.0314. The van der Waals surface area contributed by atoms with Gasteiger partial charge >= 0.3 is 0 Å². The van der Waals surface area contributed by atoms with Gasteiger partial charge in [0.25, 0.3) is 11.5 Å². The van der Waals surface area contributed by atoms with E-state index >= 15 is 0 Å². The highest BCUT2D eigenvalue weighted by Gasteiger charge is 2.23. The molecule has 0 bridgehead atoms. The van der Waals surface area contributed by atoms with E-state index in [1.807, 2.05) is 13.0 Å². The van der Waals surface area contributed by atoms with Crippen LogP contribution in [0.25, 0.3) is 16.7 Å². The zero-order valence-corrected chi connectivity index (χ0v) is 17.1. The van der Waals surface area contributed by atoms with Gasteiger partial charge in [-0.1, -0.05) is 23.7 Å². The number of aromatic nitrogens is 4. The van der Waals surface area contributed by atoms with Crippen LogP contribution in [0.5, 0.6) is 5.75 Å². The summed E-state index contributed by atoms with van der Waals surface area (Å²) in [6, 6.07) is 13.9. The van der Waals surface area contributed by atoms with Crippen molar-refractivity contribution >= 4 is 34.2 Å². The highest BCUT2D eigenvalue weighted by molar-refractivity contribution is 6.30. The fourth-order valence-corrected chi connectivity index (χ4v) is 3.17. The molecular weight excluding hydrogens is 406 g/mol. The van der Waals surface area contributed by atoms with E-state index in [-0.39, 0.29) is 22.3 Å². The van der Waals surface area contributed by atoms with E-state index in [0.29, 0.717) is 28.8 Å². The third kappa shape index (κ3) is 3.53. The van der Waals surface area contributed by atoms with Crippen molar-refractivity contribution in [2.75, 3.05) is 11.9 Å². The first-order valence-electron chi connectivity index (χ1n) is 9.23. The number of halogens is 1. The summed E-state index contributed by atoms with van der Waals surface area (Å²) in [4.78, 5) is 30.2. The zero-order valence-electron chi connectivity index (χ0n) is 16.3. The Bertz CT molecular complexity index is 1290. The molecule has 4 aromatic rings. The average molecular weight is 424 g/mol. The van der Waals surface area contributed by atoms with Crippen molar-refractivity contribution < 1.29 is 9.53 Å². The molecule has 9 heteroatoms. The molecule has 0 saturated carbocycles. The van der Waals surface area contributed by atoms with Crippen molar-refractivity contribution in [1.82, 2.24) is 19.3 Å². The number of amides is 1. The number of aryl methyl sites for hydroxylation is 1. The Labute approximate surface area is 176 Å². The summed E-state index contributed by atoms with van der Waals surface area (Å²) in [5.41, 5.74) is 1.20. The van der Waals surface area contributed by atoms with Crippen molar-refractivity contribution in [1.29, 1.82) is 0 Å². The number of carbonyl (C=O) groups is 1. The normalized spacial score (nSPS) is 10.9. The average Bonchev–Trinajstić information content (AvgIpc) is 3.13. The van der Waals surface area contributed by atoms with Crippen LogP contribution in [0.15, 0.2) is 59.7 Å². The maximum absolute atomic E-state index is 13.1. The lowest BCUT2D eigenvalue weighted by Crippen LogP contribution is -2.19. The van der Waals surface area contributed by atoms with E-state index in [1.54, 1.807) is 49.5 Å². The number of anilines is 1. The summed E-state index contributed by atoms with van der Waals surface area (Å²) in [7, 11) is 1.59. The number of ether oxygens (including phenoxy) is 1. The first kappa shape index (κ1) is 19.7. The fourth-order valence-electron chi connectivity index (χ4n) is 3.04. The number of nitrogens with zero attached hydrogens (tertiary/aromatic N) is 4. The predicted octanol–water partition coefficient (Wildman–Crippen LogP) is 3.42. The molecule has 1 N–H and O–H groups in total. The van der Waals surface area contributed by atoms with Crippen LogP contribution < -0.4 is 15.6 Å². The highest BCUT2D eigenvalue weighted by Crippen LogP contribution is 2.25. The van der Waals surface area contributed by atoms with Crippen molar-refractivity contribution in [3.8, 4) is 11.4 Å². The number of para-hydroxylation sites is 2. The van der Waals surface area contributed by atoms with Gasteiger partial charge in [-0.15, -0.1) is 0 Å². The second-order valence-electron chi connectivity index (χ2n) is 6.48. The van der Waals surface area contributed by atoms with Gasteiger partial charge in [0.2, 0.25) is 0 Å². The van der Waals surface area contributed by atoms with Crippen LogP contribution in [0.4, 0.5) is 5.69 Å². The van der Waals surface area contributed by atoms with Gasteiger partial charge in [0.15, 0.2) is 11.2 Å². The minimum atomic E-state index is -0.499. The quantitative estimate of drug-likeness (QED) is 0.531. The summed E-state index contributed by atoms with van der Waals surface area (Å²) in [5, 5.41) is 7.76. The van der Waals surface area contributed by atoms with Crippen LogP contribution in [0.2, 0.25) is 5.02 Å². The third-order valence-electron chi connectivity index (χ3n) is 4.46. The smallest absolute Gasteiger partial charge is 0.279 e. The van der Waals surface area contributed by atoms with Crippen molar-refractivity contribution in [2.45, 2.75) is 6.92 Å². The van der Waals surface area contributed by atoms with Gasteiger partial charge in [0.1, 0.15) is 11.3 Å². The second kappa shape index (κ2) is 8.00. The number of hydrogen-bond acceptors (Lipinski definition) is 5. The Kier molecular flexibility index (Phi) is 5.24. The summed E-state index contributed by atoms with van der Waals surface area (Å²) in [6.45, 7) is 2.32. The van der Waals surface area contributed by atoms with Crippen molar-refractivity contribution in [3.63, 3.8) is 0 Å². The molecule has 0 spiro atoms. The standard InChI is InChI=1S/C21H18ClN5O3/c1-3-30-16-7-5-4-6-15(16)24-20(28)18-17-19(21(29)26(2)12-23-17)27(25-18)14-10-8-13(22)9-11-14/h4-12H,3H2,1-2H3,(H,24,28). The van der Waals surface area contributed by atoms with Gasteiger partial charge in [0, 0.05) is 12.1 Å². The van der Waals surface area contributed by atoms with E-state index in [2.05, 4.69) is 15.4 Å². The van der Waals surface area contributed by atoms with Crippen LogP contribution in [0, 0.1) is 0 Å². The van der Waals surface area contributed by atoms with Gasteiger partial charge in [-0.2, -0.15) is 5.10 Å². The van der Waals surface area contributed by atoms with Crippen LogP contribution in [-0.4, -0.2) is 31.8 Å². The Balaban J connectivity index is 1.84. The van der Waals surface area contributed by atoms with Crippen LogP contribution in [0.3, 0.4) is 0 Å². The van der Waals surface area contributed by atoms with Gasteiger partial charge in [-0.3, -0.25) is 9.59 Å². The SMILES string of the molecule is CCOc1ccccc1NC(=O)c1nn(-c2ccc(Cl)cc2)c2c(=O)n(C)cnc12. The number of rotatable bonds is 5. The molecule has 2 heterocycles. The summed E-state index contributed by atoms with van der Waals surface area (Å²) >= 11 is 5.98. The molecule has 2 aromatic heterocycles. The summed E-state index contributed by atoms with van der Waals surface area (Å²) in [6.07, 6.45) is 1.36. The van der Waals surface area contributed by atoms with Crippen LogP contribution in [0.1, 0.15) is 17.4 Å². The molecule has 1 amide bonds. The molecule has 0 radical (unpaired) electrons. The number of carbonyl (C=O) groups excluding carboxylic acids is 1. The molecule has 152 valence electrons. The van der Waals surface area contributed by atoms with Gasteiger partial charge in [-0.25, -0.2) is 9.67 Å².